The Kier molecular flexibility index (Phi) is 1.57. The molecule has 2 aromatic rings. The number of hydrogen-bond acceptors (Lipinski definition) is 5. The first kappa shape index (κ1) is 8.14. The number of rotatable bonds is 1. The number of aromatic nitrogens is 2. The highest BCUT2D eigenvalue weighted by atomic mass is 32.2. The van der Waals surface area contributed by atoms with E-state index in [9.17, 15) is 8.42 Å². The van der Waals surface area contributed by atoms with Crippen molar-refractivity contribution in [3.8, 4) is 0 Å². The maximum atomic E-state index is 10.7. The molecule has 0 spiro atoms. The Morgan fingerprint density at radius 2 is 1.92 bits per heavy atom. The Morgan fingerprint density at radius 3 is 2.62 bits per heavy atom. The summed E-state index contributed by atoms with van der Waals surface area (Å²) in [5.41, 5.74) is 0.725. The van der Waals surface area contributed by atoms with Gasteiger partial charge in [-0.05, 0) is 28.5 Å². The highest BCUT2D eigenvalue weighted by Crippen LogP contribution is 2.15. The predicted octanol–water partition coefficient (Wildman–Crippen LogP) is 0.470. The van der Waals surface area contributed by atoms with Gasteiger partial charge in [-0.3, -0.25) is 4.55 Å². The summed E-state index contributed by atoms with van der Waals surface area (Å²) in [5.74, 6) is 0. The summed E-state index contributed by atoms with van der Waals surface area (Å²) in [6.45, 7) is 0. The van der Waals surface area contributed by atoms with Crippen LogP contribution in [-0.2, 0) is 10.1 Å². The van der Waals surface area contributed by atoms with Gasteiger partial charge in [-0.25, -0.2) is 4.63 Å². The molecule has 0 aliphatic heterocycles. The van der Waals surface area contributed by atoms with E-state index in [-0.39, 0.29) is 10.4 Å². The quantitative estimate of drug-likeness (QED) is 0.672. The van der Waals surface area contributed by atoms with E-state index in [1.54, 1.807) is 0 Å². The number of nitrogens with zero attached hydrogens (tertiary/aromatic N) is 2. The Bertz CT molecular complexity index is 545. The van der Waals surface area contributed by atoms with Crippen molar-refractivity contribution < 1.29 is 17.6 Å². The first-order valence-electron chi connectivity index (χ1n) is 3.27. The van der Waals surface area contributed by atoms with Crippen molar-refractivity contribution >= 4 is 21.2 Å². The molecule has 0 saturated carbocycles. The van der Waals surface area contributed by atoms with Crippen LogP contribution in [0.15, 0.2) is 27.7 Å². The van der Waals surface area contributed by atoms with Gasteiger partial charge < -0.3 is 0 Å². The second-order valence-corrected chi connectivity index (χ2v) is 3.81. The molecule has 0 fully saturated rings. The molecule has 0 saturated heterocycles. The van der Waals surface area contributed by atoms with E-state index >= 15 is 0 Å². The molecule has 1 N–H and O–H groups in total. The van der Waals surface area contributed by atoms with Crippen molar-refractivity contribution in [1.82, 2.24) is 10.3 Å². The van der Waals surface area contributed by atoms with Gasteiger partial charge in [-0.2, -0.15) is 8.42 Å². The molecule has 0 bridgehead atoms. The van der Waals surface area contributed by atoms with Crippen LogP contribution in [0, 0.1) is 0 Å². The molecular weight excluding hydrogens is 196 g/mol. The highest BCUT2D eigenvalue weighted by Gasteiger charge is 2.11. The molecule has 1 heterocycles. The lowest BCUT2D eigenvalue weighted by Crippen LogP contribution is -1.97. The largest absolute Gasteiger partial charge is 0.294 e. The average Bonchev–Trinajstić information content (AvgIpc) is 2.47. The molecule has 7 heteroatoms. The highest BCUT2D eigenvalue weighted by molar-refractivity contribution is 7.85. The maximum Gasteiger partial charge on any atom is 0.294 e. The molecule has 0 atom stereocenters. The predicted molar refractivity (Wildman–Crippen MR) is 41.6 cm³/mol. The van der Waals surface area contributed by atoms with Crippen molar-refractivity contribution in [2.75, 3.05) is 0 Å². The summed E-state index contributed by atoms with van der Waals surface area (Å²) >= 11 is 0. The van der Waals surface area contributed by atoms with Crippen LogP contribution >= 0.6 is 0 Å². The topological polar surface area (TPSA) is 93.3 Å². The number of benzene rings is 1. The van der Waals surface area contributed by atoms with E-state index in [4.69, 9.17) is 4.55 Å². The summed E-state index contributed by atoms with van der Waals surface area (Å²) in [4.78, 5) is -0.226. The van der Waals surface area contributed by atoms with Crippen molar-refractivity contribution in [1.29, 1.82) is 0 Å². The molecule has 1 aromatic carbocycles. The van der Waals surface area contributed by atoms with Crippen molar-refractivity contribution in [2.45, 2.75) is 4.90 Å². The molecule has 0 unspecified atom stereocenters. The van der Waals surface area contributed by atoms with E-state index in [1.165, 1.54) is 18.2 Å². The minimum atomic E-state index is -4.18. The van der Waals surface area contributed by atoms with Gasteiger partial charge in [0.15, 0.2) is 0 Å². The zero-order valence-electron chi connectivity index (χ0n) is 6.21. The lowest BCUT2D eigenvalue weighted by atomic mass is 10.3. The number of fused-ring (bicyclic) bond motifs is 1. The monoisotopic (exact) mass is 200 g/mol. The minimum absolute atomic E-state index is 0.226. The van der Waals surface area contributed by atoms with Gasteiger partial charge in [-0.1, -0.05) is 0 Å². The fourth-order valence-corrected chi connectivity index (χ4v) is 1.42. The number of hydrogen-bond donors (Lipinski definition) is 1. The Hall–Kier alpha value is -1.47. The SMILES string of the molecule is O=S(=O)(O)c1ccc2nonc2c1. The molecule has 0 aliphatic rings. The lowest BCUT2D eigenvalue weighted by molar-refractivity contribution is 0.315. The van der Waals surface area contributed by atoms with E-state index in [0.717, 1.165) is 0 Å². The second kappa shape index (κ2) is 2.51. The average molecular weight is 200 g/mol. The fraction of sp³-hybridized carbons (Fsp3) is 0. The first-order chi connectivity index (χ1) is 6.07. The first-order valence-corrected chi connectivity index (χ1v) is 4.71. The summed E-state index contributed by atoms with van der Waals surface area (Å²) in [6, 6.07) is 3.80. The van der Waals surface area contributed by atoms with E-state index in [0.29, 0.717) is 5.52 Å². The van der Waals surface area contributed by atoms with Crippen LogP contribution in [0.25, 0.3) is 11.0 Å². The fourth-order valence-electron chi connectivity index (χ4n) is 0.922. The van der Waals surface area contributed by atoms with Crippen molar-refractivity contribution in [3.63, 3.8) is 0 Å². The molecule has 0 aliphatic carbocycles. The third-order valence-electron chi connectivity index (χ3n) is 1.52. The van der Waals surface area contributed by atoms with E-state index < -0.39 is 10.1 Å². The summed E-state index contributed by atoms with van der Waals surface area (Å²) < 4.78 is 34.4. The summed E-state index contributed by atoms with van der Waals surface area (Å²) in [7, 11) is -4.18. The van der Waals surface area contributed by atoms with Crippen LogP contribution in [0.5, 0.6) is 0 Å². The van der Waals surface area contributed by atoms with Crippen LogP contribution in [0.4, 0.5) is 0 Å². The van der Waals surface area contributed by atoms with Gasteiger partial charge in [0.25, 0.3) is 10.1 Å². The Labute approximate surface area is 72.9 Å². The summed E-state index contributed by atoms with van der Waals surface area (Å²) in [5, 5.41) is 6.91. The van der Waals surface area contributed by atoms with Gasteiger partial charge in [0, 0.05) is 0 Å². The van der Waals surface area contributed by atoms with Crippen LogP contribution < -0.4 is 0 Å². The molecular formula is C6H4N2O4S. The Morgan fingerprint density at radius 1 is 1.23 bits per heavy atom. The third-order valence-corrected chi connectivity index (χ3v) is 2.37. The second-order valence-electron chi connectivity index (χ2n) is 2.39. The van der Waals surface area contributed by atoms with Crippen LogP contribution in [0.1, 0.15) is 0 Å². The van der Waals surface area contributed by atoms with Gasteiger partial charge in [0.1, 0.15) is 11.0 Å². The Balaban J connectivity index is 2.75. The van der Waals surface area contributed by atoms with Gasteiger partial charge in [0.05, 0.1) is 4.90 Å². The lowest BCUT2D eigenvalue weighted by Gasteiger charge is -1.93. The van der Waals surface area contributed by atoms with Gasteiger partial charge in [0.2, 0.25) is 0 Å². The van der Waals surface area contributed by atoms with Crippen molar-refractivity contribution in [2.24, 2.45) is 0 Å². The van der Waals surface area contributed by atoms with Crippen LogP contribution in [0.3, 0.4) is 0 Å². The zero-order chi connectivity index (χ0) is 9.47. The smallest absolute Gasteiger partial charge is 0.282 e. The maximum absolute atomic E-state index is 10.7. The normalized spacial score (nSPS) is 12.1. The van der Waals surface area contributed by atoms with E-state index in [1.807, 2.05) is 0 Å². The van der Waals surface area contributed by atoms with E-state index in [2.05, 4.69) is 14.9 Å². The van der Waals surface area contributed by atoms with Crippen LogP contribution in [-0.4, -0.2) is 23.3 Å². The molecule has 13 heavy (non-hydrogen) atoms. The molecule has 6 nitrogen and oxygen atoms in total. The molecule has 0 radical (unpaired) electrons. The molecule has 0 amide bonds. The van der Waals surface area contributed by atoms with Gasteiger partial charge in [-0.15, -0.1) is 0 Å². The van der Waals surface area contributed by atoms with Crippen LogP contribution in [0.2, 0.25) is 0 Å². The standard InChI is InChI=1S/C6H4N2O4S/c9-13(10,11)4-1-2-5-6(3-4)8-12-7-5/h1-3H,(H,9,10,11). The third kappa shape index (κ3) is 1.38. The van der Waals surface area contributed by atoms with Crippen molar-refractivity contribution in [3.05, 3.63) is 18.2 Å². The molecule has 2 rings (SSSR count). The molecule has 1 aromatic heterocycles. The zero-order valence-corrected chi connectivity index (χ0v) is 7.02. The van der Waals surface area contributed by atoms with Gasteiger partial charge >= 0.3 is 0 Å². The minimum Gasteiger partial charge on any atom is -0.282 e. The summed E-state index contributed by atoms with van der Waals surface area (Å²) in [6.07, 6.45) is 0. The molecule has 68 valence electrons.